The van der Waals surface area contributed by atoms with E-state index in [0.717, 1.165) is 0 Å². The summed E-state index contributed by atoms with van der Waals surface area (Å²) >= 11 is 0. The van der Waals surface area contributed by atoms with E-state index < -0.39 is 5.97 Å². The van der Waals surface area contributed by atoms with Gasteiger partial charge in [-0.3, -0.25) is 0 Å². The molecule has 0 fully saturated rings. The average molecular weight is 254 g/mol. The molecule has 0 spiro atoms. The van der Waals surface area contributed by atoms with Crippen molar-refractivity contribution in [1.82, 2.24) is 9.97 Å². The molecule has 1 aromatic rings. The fraction of sp³-hybridized carbons (Fsp3) is 0.583. The van der Waals surface area contributed by atoms with Gasteiger partial charge in [-0.05, 0) is 5.41 Å². The van der Waals surface area contributed by atoms with Crippen molar-refractivity contribution >= 4 is 5.97 Å². The number of methoxy groups -OCH3 is 2. The summed E-state index contributed by atoms with van der Waals surface area (Å²) in [6.07, 6.45) is 0. The lowest BCUT2D eigenvalue weighted by Gasteiger charge is -2.17. The van der Waals surface area contributed by atoms with Crippen molar-refractivity contribution < 1.29 is 19.0 Å². The number of esters is 1. The first-order chi connectivity index (χ1) is 8.35. The molecule has 18 heavy (non-hydrogen) atoms. The van der Waals surface area contributed by atoms with Gasteiger partial charge in [-0.15, -0.1) is 0 Å². The third-order valence-electron chi connectivity index (χ3n) is 1.92. The molecule has 0 atom stereocenters. The third kappa shape index (κ3) is 4.20. The first-order valence-electron chi connectivity index (χ1n) is 5.50. The molecule has 0 amide bonds. The molecular formula is C12H18N2O4. The van der Waals surface area contributed by atoms with Gasteiger partial charge in [-0.25, -0.2) is 4.79 Å². The number of nitrogens with zero attached hydrogens (tertiary/aromatic N) is 2. The number of carbonyl (C=O) groups excluding carboxylic acids is 1. The Morgan fingerprint density at radius 1 is 1.17 bits per heavy atom. The van der Waals surface area contributed by atoms with E-state index in [-0.39, 0.29) is 29.6 Å². The SMILES string of the molecule is COc1cc(OC)nc(C(=O)OCC(C)(C)C)n1. The average Bonchev–Trinajstić information content (AvgIpc) is 2.34. The minimum atomic E-state index is -0.595. The summed E-state index contributed by atoms with van der Waals surface area (Å²) < 4.78 is 15.0. The van der Waals surface area contributed by atoms with E-state index in [0.29, 0.717) is 0 Å². The molecule has 1 rings (SSSR count). The number of carbonyl (C=O) groups is 1. The molecule has 0 aliphatic heterocycles. The van der Waals surface area contributed by atoms with E-state index in [1.165, 1.54) is 20.3 Å². The van der Waals surface area contributed by atoms with Crippen molar-refractivity contribution in [3.8, 4) is 11.8 Å². The zero-order valence-corrected chi connectivity index (χ0v) is 11.3. The van der Waals surface area contributed by atoms with Crippen LogP contribution in [0.4, 0.5) is 0 Å². The fourth-order valence-corrected chi connectivity index (χ4v) is 1.05. The normalized spacial score (nSPS) is 10.9. The van der Waals surface area contributed by atoms with Gasteiger partial charge in [0.05, 0.1) is 26.9 Å². The second kappa shape index (κ2) is 5.66. The summed E-state index contributed by atoms with van der Waals surface area (Å²) in [5.41, 5.74) is -0.112. The highest BCUT2D eigenvalue weighted by Crippen LogP contribution is 2.17. The van der Waals surface area contributed by atoms with Crippen molar-refractivity contribution in [3.63, 3.8) is 0 Å². The number of rotatable bonds is 4. The van der Waals surface area contributed by atoms with Crippen molar-refractivity contribution in [3.05, 3.63) is 11.9 Å². The summed E-state index contributed by atoms with van der Waals surface area (Å²) in [7, 11) is 2.90. The van der Waals surface area contributed by atoms with Crippen LogP contribution in [-0.2, 0) is 4.74 Å². The molecule has 1 aromatic heterocycles. The number of hydrogen-bond donors (Lipinski definition) is 0. The molecule has 0 aromatic carbocycles. The Hall–Kier alpha value is -1.85. The Kier molecular flexibility index (Phi) is 4.47. The zero-order chi connectivity index (χ0) is 13.8. The number of ether oxygens (including phenoxy) is 3. The molecule has 0 saturated heterocycles. The molecule has 0 aliphatic carbocycles. The van der Waals surface area contributed by atoms with Crippen molar-refractivity contribution in [1.29, 1.82) is 0 Å². The topological polar surface area (TPSA) is 70.5 Å². The second-order valence-electron chi connectivity index (χ2n) is 4.91. The molecular weight excluding hydrogens is 236 g/mol. The molecule has 0 radical (unpaired) electrons. The molecule has 100 valence electrons. The van der Waals surface area contributed by atoms with E-state index in [1.807, 2.05) is 20.8 Å². The zero-order valence-electron chi connectivity index (χ0n) is 11.3. The van der Waals surface area contributed by atoms with Gasteiger partial charge in [0.2, 0.25) is 17.6 Å². The van der Waals surface area contributed by atoms with Gasteiger partial charge in [0.15, 0.2) is 0 Å². The quantitative estimate of drug-likeness (QED) is 0.761. The van der Waals surface area contributed by atoms with Gasteiger partial charge in [-0.2, -0.15) is 9.97 Å². The highest BCUT2D eigenvalue weighted by atomic mass is 16.5. The summed E-state index contributed by atoms with van der Waals surface area (Å²) in [5, 5.41) is 0. The Bertz CT molecular complexity index is 404. The number of aromatic nitrogens is 2. The van der Waals surface area contributed by atoms with Crippen LogP contribution >= 0.6 is 0 Å². The first kappa shape index (κ1) is 14.2. The van der Waals surface area contributed by atoms with Crippen LogP contribution in [0.3, 0.4) is 0 Å². The van der Waals surface area contributed by atoms with E-state index in [1.54, 1.807) is 0 Å². The Morgan fingerprint density at radius 3 is 2.06 bits per heavy atom. The van der Waals surface area contributed by atoms with Crippen LogP contribution in [0, 0.1) is 5.41 Å². The second-order valence-corrected chi connectivity index (χ2v) is 4.91. The van der Waals surface area contributed by atoms with Crippen LogP contribution in [-0.4, -0.2) is 36.8 Å². The molecule has 0 aliphatic rings. The van der Waals surface area contributed by atoms with E-state index in [2.05, 4.69) is 9.97 Å². The van der Waals surface area contributed by atoms with Gasteiger partial charge in [0, 0.05) is 0 Å². The Morgan fingerprint density at radius 2 is 1.67 bits per heavy atom. The molecule has 6 heteroatoms. The Labute approximate surface area is 106 Å². The predicted octanol–water partition coefficient (Wildman–Crippen LogP) is 1.70. The summed E-state index contributed by atoms with van der Waals surface area (Å²) in [5.74, 6) is -0.160. The largest absolute Gasteiger partial charge is 0.481 e. The highest BCUT2D eigenvalue weighted by Gasteiger charge is 2.18. The van der Waals surface area contributed by atoms with Gasteiger partial charge >= 0.3 is 5.97 Å². The van der Waals surface area contributed by atoms with E-state index in [9.17, 15) is 4.79 Å². The fourth-order valence-electron chi connectivity index (χ4n) is 1.05. The van der Waals surface area contributed by atoms with Crippen LogP contribution in [0.15, 0.2) is 6.07 Å². The van der Waals surface area contributed by atoms with Gasteiger partial charge in [0.25, 0.3) is 0 Å². The third-order valence-corrected chi connectivity index (χ3v) is 1.92. The molecule has 0 bridgehead atoms. The molecule has 0 N–H and O–H groups in total. The smallest absolute Gasteiger partial charge is 0.376 e. The molecule has 6 nitrogen and oxygen atoms in total. The molecule has 1 heterocycles. The van der Waals surface area contributed by atoms with Crippen LogP contribution in [0.1, 0.15) is 31.4 Å². The van der Waals surface area contributed by atoms with Crippen molar-refractivity contribution in [2.75, 3.05) is 20.8 Å². The Balaban J connectivity index is 2.84. The maximum Gasteiger partial charge on any atom is 0.376 e. The summed E-state index contributed by atoms with van der Waals surface area (Å²) in [6, 6.07) is 1.49. The maximum atomic E-state index is 11.8. The molecule has 0 saturated carbocycles. The van der Waals surface area contributed by atoms with Crippen LogP contribution in [0.25, 0.3) is 0 Å². The number of hydrogen-bond acceptors (Lipinski definition) is 6. The van der Waals surface area contributed by atoms with Gasteiger partial charge in [0.1, 0.15) is 0 Å². The lowest BCUT2D eigenvalue weighted by atomic mass is 9.99. The van der Waals surface area contributed by atoms with Crippen molar-refractivity contribution in [2.45, 2.75) is 20.8 Å². The predicted molar refractivity (Wildman–Crippen MR) is 64.9 cm³/mol. The monoisotopic (exact) mass is 254 g/mol. The summed E-state index contributed by atoms with van der Waals surface area (Å²) in [6.45, 7) is 6.18. The van der Waals surface area contributed by atoms with Crippen LogP contribution in [0.5, 0.6) is 11.8 Å². The lowest BCUT2D eigenvalue weighted by molar-refractivity contribution is 0.0350. The van der Waals surface area contributed by atoms with Gasteiger partial charge < -0.3 is 14.2 Å². The van der Waals surface area contributed by atoms with Crippen LogP contribution in [0.2, 0.25) is 0 Å². The molecule has 0 unspecified atom stereocenters. The minimum absolute atomic E-state index is 0.0737. The first-order valence-corrected chi connectivity index (χ1v) is 5.50. The minimum Gasteiger partial charge on any atom is -0.481 e. The highest BCUT2D eigenvalue weighted by molar-refractivity contribution is 5.85. The van der Waals surface area contributed by atoms with E-state index >= 15 is 0 Å². The van der Waals surface area contributed by atoms with Gasteiger partial charge in [-0.1, -0.05) is 20.8 Å². The standard InChI is InChI=1S/C12H18N2O4/c1-12(2,3)7-18-11(15)10-13-8(16-4)6-9(14-10)17-5/h6H,7H2,1-5H3. The summed E-state index contributed by atoms with van der Waals surface area (Å²) in [4.78, 5) is 19.6. The lowest BCUT2D eigenvalue weighted by Crippen LogP contribution is -2.20. The van der Waals surface area contributed by atoms with Crippen LogP contribution < -0.4 is 9.47 Å². The van der Waals surface area contributed by atoms with Crippen molar-refractivity contribution in [2.24, 2.45) is 5.41 Å². The maximum absolute atomic E-state index is 11.8. The van der Waals surface area contributed by atoms with E-state index in [4.69, 9.17) is 14.2 Å².